The molecule has 2 N–H and O–H groups in total. The first kappa shape index (κ1) is 22.3. The van der Waals surface area contributed by atoms with Gasteiger partial charge in [-0.3, -0.25) is 14.5 Å². The number of hydrogen-bond acceptors (Lipinski definition) is 7. The Labute approximate surface area is 179 Å². The van der Waals surface area contributed by atoms with Crippen LogP contribution in [-0.2, 0) is 11.2 Å². The molecule has 30 heavy (non-hydrogen) atoms. The number of rotatable bonds is 9. The lowest BCUT2D eigenvalue weighted by atomic mass is 10.2. The van der Waals surface area contributed by atoms with E-state index in [4.69, 9.17) is 0 Å². The molecule has 162 valence electrons. The summed E-state index contributed by atoms with van der Waals surface area (Å²) in [6.45, 7) is 5.75. The number of aryl methyl sites for hydroxylation is 1. The van der Waals surface area contributed by atoms with Crippen molar-refractivity contribution >= 4 is 28.8 Å². The molecule has 1 aliphatic heterocycles. The highest BCUT2D eigenvalue weighted by molar-refractivity contribution is 7.13. The van der Waals surface area contributed by atoms with Crippen LogP contribution < -0.4 is 10.6 Å². The summed E-state index contributed by atoms with van der Waals surface area (Å²) in [6, 6.07) is 5.67. The Hall–Kier alpha value is -2.43. The van der Waals surface area contributed by atoms with Crippen molar-refractivity contribution in [2.75, 3.05) is 51.6 Å². The van der Waals surface area contributed by atoms with Crippen molar-refractivity contribution in [2.45, 2.75) is 19.3 Å². The van der Waals surface area contributed by atoms with Gasteiger partial charge in [0, 0.05) is 57.8 Å². The molecule has 0 aliphatic carbocycles. The van der Waals surface area contributed by atoms with Gasteiger partial charge in [0.2, 0.25) is 10.9 Å². The van der Waals surface area contributed by atoms with Gasteiger partial charge < -0.3 is 15.5 Å². The maximum Gasteiger partial charge on any atom is 0.286 e. The number of aromatic nitrogens is 2. The van der Waals surface area contributed by atoms with E-state index in [-0.39, 0.29) is 10.9 Å². The maximum absolute atomic E-state index is 13.2. The second-order valence-corrected chi connectivity index (χ2v) is 8.38. The molecule has 0 radical (unpaired) electrons. The molecule has 1 saturated heterocycles. The highest BCUT2D eigenvalue weighted by Crippen LogP contribution is 2.16. The number of anilines is 1. The Bertz CT molecular complexity index is 853. The predicted molar refractivity (Wildman–Crippen MR) is 114 cm³/mol. The van der Waals surface area contributed by atoms with E-state index in [0.29, 0.717) is 36.5 Å². The fraction of sp³-hybridized carbons (Fsp3) is 0.500. The van der Waals surface area contributed by atoms with Gasteiger partial charge >= 0.3 is 0 Å². The number of hydrogen-bond donors (Lipinski definition) is 2. The van der Waals surface area contributed by atoms with Crippen molar-refractivity contribution in [3.8, 4) is 0 Å². The van der Waals surface area contributed by atoms with Crippen molar-refractivity contribution in [3.63, 3.8) is 0 Å². The number of piperazine rings is 1. The van der Waals surface area contributed by atoms with Gasteiger partial charge in [0.15, 0.2) is 0 Å². The van der Waals surface area contributed by atoms with Crippen molar-refractivity contribution < 1.29 is 14.0 Å². The summed E-state index contributed by atoms with van der Waals surface area (Å²) in [5, 5.41) is 14.4. The molecule has 1 aliphatic rings. The first-order valence-corrected chi connectivity index (χ1v) is 10.9. The third kappa shape index (κ3) is 7.12. The van der Waals surface area contributed by atoms with Crippen LogP contribution in [0.3, 0.4) is 0 Å². The zero-order chi connectivity index (χ0) is 21.3. The molecule has 10 heteroatoms. The van der Waals surface area contributed by atoms with Gasteiger partial charge in [-0.05, 0) is 31.7 Å². The summed E-state index contributed by atoms with van der Waals surface area (Å²) < 4.78 is 13.2. The normalized spacial score (nSPS) is 15.1. The van der Waals surface area contributed by atoms with Gasteiger partial charge in [-0.2, -0.15) is 0 Å². The molecule has 2 amide bonds. The van der Waals surface area contributed by atoms with Gasteiger partial charge in [0.1, 0.15) is 10.8 Å². The fourth-order valence-corrected chi connectivity index (χ4v) is 3.89. The van der Waals surface area contributed by atoms with Gasteiger partial charge in [0.25, 0.3) is 5.91 Å². The predicted octanol–water partition coefficient (Wildman–Crippen LogP) is 1.62. The number of amides is 2. The molecular formula is C20H27FN6O2S. The van der Waals surface area contributed by atoms with Crippen LogP contribution in [0.15, 0.2) is 24.3 Å². The van der Waals surface area contributed by atoms with Crippen LogP contribution >= 0.6 is 11.3 Å². The van der Waals surface area contributed by atoms with Gasteiger partial charge in [-0.15, -0.1) is 10.2 Å². The largest absolute Gasteiger partial charge is 0.355 e. The smallest absolute Gasteiger partial charge is 0.286 e. The summed E-state index contributed by atoms with van der Waals surface area (Å²) in [6.07, 6.45) is 1.63. The Morgan fingerprint density at radius 3 is 2.77 bits per heavy atom. The summed E-state index contributed by atoms with van der Waals surface area (Å²) in [7, 11) is 2.12. The van der Waals surface area contributed by atoms with Crippen molar-refractivity contribution in [3.05, 3.63) is 40.1 Å². The molecule has 1 fully saturated rings. The Kier molecular flexibility index (Phi) is 8.23. The lowest BCUT2D eigenvalue weighted by molar-refractivity contribution is -0.121. The summed E-state index contributed by atoms with van der Waals surface area (Å²) in [5.74, 6) is -0.823. The van der Waals surface area contributed by atoms with E-state index in [1.54, 1.807) is 6.07 Å². The van der Waals surface area contributed by atoms with E-state index in [1.807, 2.05) is 0 Å². The number of nitrogens with zero attached hydrogens (tertiary/aromatic N) is 4. The van der Waals surface area contributed by atoms with E-state index < -0.39 is 11.7 Å². The topological polar surface area (TPSA) is 90.5 Å². The monoisotopic (exact) mass is 434 g/mol. The summed E-state index contributed by atoms with van der Waals surface area (Å²) >= 11 is 1.18. The van der Waals surface area contributed by atoms with Crippen LogP contribution in [-0.4, -0.2) is 78.1 Å². The van der Waals surface area contributed by atoms with E-state index >= 15 is 0 Å². The summed E-state index contributed by atoms with van der Waals surface area (Å²) in [5.41, 5.74) is 0.366. The van der Waals surface area contributed by atoms with E-state index in [0.717, 1.165) is 32.7 Å². The van der Waals surface area contributed by atoms with E-state index in [2.05, 4.69) is 37.7 Å². The van der Waals surface area contributed by atoms with Crippen LogP contribution in [0.25, 0.3) is 0 Å². The Morgan fingerprint density at radius 1 is 1.20 bits per heavy atom. The van der Waals surface area contributed by atoms with Gasteiger partial charge in [0.05, 0.1) is 0 Å². The third-order valence-corrected chi connectivity index (χ3v) is 5.87. The minimum absolute atomic E-state index is 0.0257. The Morgan fingerprint density at radius 2 is 2.00 bits per heavy atom. The van der Waals surface area contributed by atoms with Crippen molar-refractivity contribution in [1.29, 1.82) is 0 Å². The van der Waals surface area contributed by atoms with Crippen LogP contribution in [0, 0.1) is 5.82 Å². The zero-order valence-electron chi connectivity index (χ0n) is 17.1. The van der Waals surface area contributed by atoms with E-state index in [1.165, 1.54) is 29.5 Å². The highest BCUT2D eigenvalue weighted by atomic mass is 32.1. The lowest BCUT2D eigenvalue weighted by Gasteiger charge is -2.32. The van der Waals surface area contributed by atoms with Crippen molar-refractivity contribution in [1.82, 2.24) is 25.3 Å². The molecule has 3 rings (SSSR count). The first-order valence-electron chi connectivity index (χ1n) is 10.1. The molecular weight excluding hydrogens is 407 g/mol. The fourth-order valence-electron chi connectivity index (χ4n) is 3.11. The minimum atomic E-state index is -0.425. The number of carbonyl (C=O) groups is 2. The Balaban J connectivity index is 1.33. The third-order valence-electron chi connectivity index (χ3n) is 4.88. The molecule has 2 heterocycles. The molecule has 0 saturated carbocycles. The zero-order valence-corrected chi connectivity index (χ0v) is 17.9. The highest BCUT2D eigenvalue weighted by Gasteiger charge is 2.15. The van der Waals surface area contributed by atoms with Crippen LogP contribution in [0.1, 0.15) is 27.7 Å². The van der Waals surface area contributed by atoms with E-state index in [9.17, 15) is 14.0 Å². The molecule has 2 aromatic rings. The lowest BCUT2D eigenvalue weighted by Crippen LogP contribution is -2.46. The van der Waals surface area contributed by atoms with Crippen LogP contribution in [0.4, 0.5) is 10.1 Å². The molecule has 0 unspecified atom stereocenters. The standard InChI is InChI=1S/C20H27FN6O2S/c1-26-10-12-27(13-11-26)9-8-22-17(28)6-3-7-18-24-25-20(30-18)19(29)23-16-5-2-4-15(21)14-16/h2,4-5,14H,3,6-13H2,1H3,(H,22,28)(H,23,29). The molecule has 0 bridgehead atoms. The number of likely N-dealkylation sites (N-methyl/N-ethyl adjacent to an activating group) is 1. The maximum atomic E-state index is 13.2. The molecule has 0 atom stereocenters. The quantitative estimate of drug-likeness (QED) is 0.623. The molecule has 1 aromatic heterocycles. The second-order valence-electron chi connectivity index (χ2n) is 7.31. The number of halogens is 1. The summed E-state index contributed by atoms with van der Waals surface area (Å²) in [4.78, 5) is 28.9. The van der Waals surface area contributed by atoms with Gasteiger partial charge in [-0.25, -0.2) is 4.39 Å². The molecule has 8 nitrogen and oxygen atoms in total. The average Bonchev–Trinajstić information content (AvgIpc) is 3.19. The minimum Gasteiger partial charge on any atom is -0.355 e. The van der Waals surface area contributed by atoms with Crippen LogP contribution in [0.5, 0.6) is 0 Å². The number of carbonyl (C=O) groups excluding carboxylic acids is 2. The molecule has 0 spiro atoms. The second kappa shape index (κ2) is 11.1. The average molecular weight is 435 g/mol. The molecule has 1 aromatic carbocycles. The van der Waals surface area contributed by atoms with Crippen LogP contribution in [0.2, 0.25) is 0 Å². The number of nitrogens with one attached hydrogen (secondary N) is 2. The van der Waals surface area contributed by atoms with Crippen molar-refractivity contribution in [2.24, 2.45) is 0 Å². The number of benzene rings is 1. The first-order chi connectivity index (χ1) is 14.5. The van der Waals surface area contributed by atoms with Gasteiger partial charge in [-0.1, -0.05) is 17.4 Å². The SMILES string of the molecule is CN1CCN(CCNC(=O)CCCc2nnc(C(=O)Nc3cccc(F)c3)s2)CC1.